The first-order valence-electron chi connectivity index (χ1n) is 9.12. The standard InChI is InChI=1S/C26H26/c1-19-5-7-21(3)25(17-19)15-13-23-9-11-24(12-10-23)14-16-26-18-20(2)6-8-22(26)4/h5-18H,1-4H3. The smallest absolute Gasteiger partial charge is 0.0225 e. The summed E-state index contributed by atoms with van der Waals surface area (Å²) >= 11 is 0. The van der Waals surface area contributed by atoms with Crippen LogP contribution in [0.3, 0.4) is 0 Å². The molecule has 0 nitrogen and oxygen atoms in total. The summed E-state index contributed by atoms with van der Waals surface area (Å²) in [6, 6.07) is 21.8. The largest absolute Gasteiger partial charge is 0.0590 e. The Morgan fingerprint density at radius 2 is 0.846 bits per heavy atom. The molecule has 0 saturated heterocycles. The van der Waals surface area contributed by atoms with Gasteiger partial charge in [0.25, 0.3) is 0 Å². The van der Waals surface area contributed by atoms with Crippen LogP contribution in [0.4, 0.5) is 0 Å². The van der Waals surface area contributed by atoms with Gasteiger partial charge in [-0.1, -0.05) is 96.1 Å². The highest BCUT2D eigenvalue weighted by Crippen LogP contribution is 2.17. The van der Waals surface area contributed by atoms with Crippen molar-refractivity contribution in [2.45, 2.75) is 27.7 Å². The lowest BCUT2D eigenvalue weighted by Gasteiger charge is -2.03. The summed E-state index contributed by atoms with van der Waals surface area (Å²) in [4.78, 5) is 0. The van der Waals surface area contributed by atoms with Gasteiger partial charge in [-0.2, -0.15) is 0 Å². The molecule has 0 fully saturated rings. The number of benzene rings is 3. The number of hydrogen-bond acceptors (Lipinski definition) is 0. The highest BCUT2D eigenvalue weighted by molar-refractivity contribution is 5.74. The second kappa shape index (κ2) is 8.01. The Labute approximate surface area is 157 Å². The first-order chi connectivity index (χ1) is 12.5. The zero-order chi connectivity index (χ0) is 18.5. The molecule has 0 heteroatoms. The van der Waals surface area contributed by atoms with Crippen molar-refractivity contribution in [3.8, 4) is 0 Å². The molecule has 3 aromatic carbocycles. The number of aryl methyl sites for hydroxylation is 4. The molecule has 0 radical (unpaired) electrons. The van der Waals surface area contributed by atoms with Crippen molar-refractivity contribution in [1.29, 1.82) is 0 Å². The van der Waals surface area contributed by atoms with Gasteiger partial charge in [0, 0.05) is 0 Å². The van der Waals surface area contributed by atoms with E-state index in [2.05, 4.69) is 113 Å². The molecule has 3 rings (SSSR count). The molecule has 0 spiro atoms. The Balaban J connectivity index is 1.74. The lowest BCUT2D eigenvalue weighted by Crippen LogP contribution is -1.83. The van der Waals surface area contributed by atoms with E-state index < -0.39 is 0 Å². The van der Waals surface area contributed by atoms with Crippen molar-refractivity contribution in [3.05, 3.63) is 105 Å². The maximum atomic E-state index is 2.23. The fourth-order valence-corrected chi connectivity index (χ4v) is 2.97. The Bertz CT molecular complexity index is 873. The zero-order valence-corrected chi connectivity index (χ0v) is 16.1. The van der Waals surface area contributed by atoms with E-state index in [1.54, 1.807) is 0 Å². The van der Waals surface area contributed by atoms with Gasteiger partial charge in [0.2, 0.25) is 0 Å². The normalized spacial score (nSPS) is 11.5. The van der Waals surface area contributed by atoms with Gasteiger partial charge in [-0.3, -0.25) is 0 Å². The lowest BCUT2D eigenvalue weighted by molar-refractivity contribution is 1.38. The van der Waals surface area contributed by atoms with Crippen molar-refractivity contribution >= 4 is 24.3 Å². The van der Waals surface area contributed by atoms with Crippen LogP contribution >= 0.6 is 0 Å². The molecule has 0 unspecified atom stereocenters. The van der Waals surface area contributed by atoms with Gasteiger partial charge in [0.1, 0.15) is 0 Å². The number of rotatable bonds is 4. The summed E-state index contributed by atoms with van der Waals surface area (Å²) in [5.74, 6) is 0. The SMILES string of the molecule is Cc1ccc(C)c(C=Cc2ccc(C=Cc3cc(C)ccc3C)cc2)c1. The van der Waals surface area contributed by atoms with Crippen molar-refractivity contribution in [1.82, 2.24) is 0 Å². The van der Waals surface area contributed by atoms with Crippen molar-refractivity contribution in [3.63, 3.8) is 0 Å². The summed E-state index contributed by atoms with van der Waals surface area (Å²) in [5, 5.41) is 0. The molecule has 0 aromatic heterocycles. The first kappa shape index (κ1) is 17.9. The molecule has 0 N–H and O–H groups in total. The molecular formula is C26H26. The Morgan fingerprint density at radius 1 is 0.462 bits per heavy atom. The molecule has 26 heavy (non-hydrogen) atoms. The van der Waals surface area contributed by atoms with E-state index >= 15 is 0 Å². The molecule has 0 amide bonds. The molecule has 0 saturated carbocycles. The Morgan fingerprint density at radius 3 is 1.23 bits per heavy atom. The van der Waals surface area contributed by atoms with Gasteiger partial charge in [0.15, 0.2) is 0 Å². The van der Waals surface area contributed by atoms with Crippen LogP contribution in [0.2, 0.25) is 0 Å². The van der Waals surface area contributed by atoms with E-state index in [4.69, 9.17) is 0 Å². The predicted octanol–water partition coefficient (Wildman–Crippen LogP) is 7.26. The summed E-state index contributed by atoms with van der Waals surface area (Å²) in [7, 11) is 0. The topological polar surface area (TPSA) is 0 Å². The average molecular weight is 338 g/mol. The molecule has 3 aromatic rings. The fraction of sp³-hybridized carbons (Fsp3) is 0.154. The van der Waals surface area contributed by atoms with Crippen LogP contribution in [-0.4, -0.2) is 0 Å². The van der Waals surface area contributed by atoms with Crippen LogP contribution in [0.5, 0.6) is 0 Å². The van der Waals surface area contributed by atoms with E-state index in [-0.39, 0.29) is 0 Å². The summed E-state index contributed by atoms with van der Waals surface area (Å²) in [5.41, 5.74) is 10.2. The van der Waals surface area contributed by atoms with Crippen LogP contribution in [0.15, 0.2) is 60.7 Å². The van der Waals surface area contributed by atoms with Gasteiger partial charge in [-0.15, -0.1) is 0 Å². The van der Waals surface area contributed by atoms with E-state index in [0.29, 0.717) is 0 Å². The maximum Gasteiger partial charge on any atom is -0.0225 e. The molecule has 130 valence electrons. The van der Waals surface area contributed by atoms with Gasteiger partial charge in [0.05, 0.1) is 0 Å². The van der Waals surface area contributed by atoms with Crippen molar-refractivity contribution in [2.24, 2.45) is 0 Å². The van der Waals surface area contributed by atoms with Crippen LogP contribution < -0.4 is 0 Å². The molecule has 0 atom stereocenters. The van der Waals surface area contributed by atoms with E-state index in [0.717, 1.165) is 0 Å². The van der Waals surface area contributed by atoms with Crippen LogP contribution in [0, 0.1) is 27.7 Å². The summed E-state index contributed by atoms with van der Waals surface area (Å²) in [6.07, 6.45) is 8.76. The number of hydrogen-bond donors (Lipinski definition) is 0. The quantitative estimate of drug-likeness (QED) is 0.439. The summed E-state index contributed by atoms with van der Waals surface area (Å²) < 4.78 is 0. The Hall–Kier alpha value is -2.86. The summed E-state index contributed by atoms with van der Waals surface area (Å²) in [6.45, 7) is 8.57. The molecule has 0 aliphatic carbocycles. The predicted molar refractivity (Wildman–Crippen MR) is 116 cm³/mol. The first-order valence-corrected chi connectivity index (χ1v) is 9.12. The van der Waals surface area contributed by atoms with Gasteiger partial charge in [-0.25, -0.2) is 0 Å². The monoisotopic (exact) mass is 338 g/mol. The highest BCUT2D eigenvalue weighted by atomic mass is 14.0. The highest BCUT2D eigenvalue weighted by Gasteiger charge is 1.96. The molecular weight excluding hydrogens is 312 g/mol. The molecule has 0 heterocycles. The van der Waals surface area contributed by atoms with E-state index in [1.807, 2.05) is 0 Å². The molecule has 0 aliphatic heterocycles. The third-order valence-corrected chi connectivity index (χ3v) is 4.72. The minimum atomic E-state index is 1.22. The van der Waals surface area contributed by atoms with E-state index in [1.165, 1.54) is 44.5 Å². The zero-order valence-electron chi connectivity index (χ0n) is 16.1. The maximum absolute atomic E-state index is 2.23. The van der Waals surface area contributed by atoms with Crippen LogP contribution in [-0.2, 0) is 0 Å². The van der Waals surface area contributed by atoms with Crippen LogP contribution in [0.1, 0.15) is 44.5 Å². The average Bonchev–Trinajstić information content (AvgIpc) is 2.64. The second-order valence-electron chi connectivity index (χ2n) is 7.05. The minimum absolute atomic E-state index is 1.22. The van der Waals surface area contributed by atoms with Crippen molar-refractivity contribution in [2.75, 3.05) is 0 Å². The van der Waals surface area contributed by atoms with Crippen LogP contribution in [0.25, 0.3) is 24.3 Å². The van der Waals surface area contributed by atoms with Crippen molar-refractivity contribution < 1.29 is 0 Å². The lowest BCUT2D eigenvalue weighted by atomic mass is 10.0. The minimum Gasteiger partial charge on any atom is -0.0590 e. The third kappa shape index (κ3) is 4.61. The second-order valence-corrected chi connectivity index (χ2v) is 7.05. The third-order valence-electron chi connectivity index (χ3n) is 4.72. The van der Waals surface area contributed by atoms with E-state index in [9.17, 15) is 0 Å². The fourth-order valence-electron chi connectivity index (χ4n) is 2.97. The molecule has 0 aliphatic rings. The van der Waals surface area contributed by atoms with Gasteiger partial charge in [-0.05, 0) is 61.1 Å². The van der Waals surface area contributed by atoms with Gasteiger partial charge < -0.3 is 0 Å². The Kier molecular flexibility index (Phi) is 5.53. The van der Waals surface area contributed by atoms with Gasteiger partial charge >= 0.3 is 0 Å². The molecule has 0 bridgehead atoms.